The van der Waals surface area contributed by atoms with E-state index in [0.717, 1.165) is 36.4 Å². The molecule has 0 atom stereocenters. The third kappa shape index (κ3) is 8.13. The first-order valence-electron chi connectivity index (χ1n) is 9.13. The predicted molar refractivity (Wildman–Crippen MR) is 119 cm³/mol. The van der Waals surface area contributed by atoms with E-state index < -0.39 is 0 Å². The quantitative estimate of drug-likeness (QED) is 0.356. The molecule has 142 valence electrons. The second-order valence-corrected chi connectivity index (χ2v) is 6.84. The Labute approximate surface area is 174 Å². The second kappa shape index (κ2) is 12.8. The fourth-order valence-electron chi connectivity index (χ4n) is 3.22. The van der Waals surface area contributed by atoms with Crippen molar-refractivity contribution in [1.29, 1.82) is 0 Å². The summed E-state index contributed by atoms with van der Waals surface area (Å²) < 4.78 is 0. The van der Waals surface area contributed by atoms with Crippen LogP contribution >= 0.6 is 35.6 Å². The molecule has 1 aromatic carbocycles. The molecular formula is C19H32ClIN4. The maximum absolute atomic E-state index is 6.19. The molecule has 0 unspecified atom stereocenters. The molecule has 1 aromatic rings. The number of benzene rings is 1. The van der Waals surface area contributed by atoms with Crippen LogP contribution < -0.4 is 10.6 Å². The first-order chi connectivity index (χ1) is 11.7. The first kappa shape index (κ1) is 22.5. The molecule has 0 aromatic heterocycles. The lowest BCUT2D eigenvalue weighted by Crippen LogP contribution is -2.40. The Balaban J connectivity index is 0.00000312. The van der Waals surface area contributed by atoms with Gasteiger partial charge in [0.1, 0.15) is 0 Å². The van der Waals surface area contributed by atoms with Crippen LogP contribution in [0.2, 0.25) is 5.02 Å². The summed E-state index contributed by atoms with van der Waals surface area (Å²) in [6.45, 7) is 7.77. The van der Waals surface area contributed by atoms with Gasteiger partial charge in [0.25, 0.3) is 0 Å². The van der Waals surface area contributed by atoms with E-state index in [9.17, 15) is 0 Å². The van der Waals surface area contributed by atoms with E-state index in [0.29, 0.717) is 0 Å². The fraction of sp³-hybridized carbons (Fsp3) is 0.632. The summed E-state index contributed by atoms with van der Waals surface area (Å²) in [4.78, 5) is 6.84. The highest BCUT2D eigenvalue weighted by Crippen LogP contribution is 2.19. The highest BCUT2D eigenvalue weighted by Gasteiger charge is 2.17. The topological polar surface area (TPSA) is 39.7 Å². The van der Waals surface area contributed by atoms with Crippen LogP contribution in [0.15, 0.2) is 29.3 Å². The Morgan fingerprint density at radius 2 is 1.88 bits per heavy atom. The van der Waals surface area contributed by atoms with Crippen molar-refractivity contribution in [3.8, 4) is 0 Å². The van der Waals surface area contributed by atoms with Gasteiger partial charge in [0.15, 0.2) is 5.96 Å². The van der Waals surface area contributed by atoms with Gasteiger partial charge in [-0.2, -0.15) is 0 Å². The van der Waals surface area contributed by atoms with Crippen LogP contribution in [0.25, 0.3) is 0 Å². The van der Waals surface area contributed by atoms with Gasteiger partial charge in [-0.1, -0.05) is 36.7 Å². The number of hydrogen-bond acceptors (Lipinski definition) is 2. The maximum atomic E-state index is 6.19. The Morgan fingerprint density at radius 1 is 1.20 bits per heavy atom. The third-order valence-corrected chi connectivity index (χ3v) is 5.24. The van der Waals surface area contributed by atoms with Crippen molar-refractivity contribution in [2.75, 3.05) is 39.8 Å². The van der Waals surface area contributed by atoms with Crippen molar-refractivity contribution >= 4 is 41.5 Å². The minimum absolute atomic E-state index is 0. The van der Waals surface area contributed by atoms with Crippen molar-refractivity contribution in [1.82, 2.24) is 15.5 Å². The Hall–Kier alpha value is -0.530. The van der Waals surface area contributed by atoms with Gasteiger partial charge in [0.05, 0.1) is 0 Å². The van der Waals surface area contributed by atoms with E-state index in [1.54, 1.807) is 0 Å². The molecule has 25 heavy (non-hydrogen) atoms. The molecule has 0 spiro atoms. The van der Waals surface area contributed by atoms with Gasteiger partial charge in [-0.05, 0) is 62.9 Å². The molecule has 1 heterocycles. The lowest BCUT2D eigenvalue weighted by atomic mass is 9.93. The average Bonchev–Trinajstić information content (AvgIpc) is 2.62. The zero-order valence-electron chi connectivity index (χ0n) is 15.4. The molecule has 0 saturated carbocycles. The molecule has 4 nitrogen and oxygen atoms in total. The van der Waals surface area contributed by atoms with Gasteiger partial charge in [0, 0.05) is 25.2 Å². The molecule has 0 aliphatic carbocycles. The summed E-state index contributed by atoms with van der Waals surface area (Å²) in [6, 6.07) is 8.00. The van der Waals surface area contributed by atoms with Crippen LogP contribution in [-0.2, 0) is 6.42 Å². The number of piperidine rings is 1. The molecular weight excluding hydrogens is 447 g/mol. The Bertz CT molecular complexity index is 516. The van der Waals surface area contributed by atoms with E-state index in [4.69, 9.17) is 11.6 Å². The molecule has 0 amide bonds. The third-order valence-electron chi connectivity index (χ3n) is 4.87. The number of nitrogens with one attached hydrogen (secondary N) is 2. The molecule has 1 aliphatic heterocycles. The van der Waals surface area contributed by atoms with Crippen LogP contribution in [0.4, 0.5) is 0 Å². The number of rotatable bonds is 7. The largest absolute Gasteiger partial charge is 0.356 e. The zero-order valence-corrected chi connectivity index (χ0v) is 18.5. The minimum Gasteiger partial charge on any atom is -0.356 e. The maximum Gasteiger partial charge on any atom is 0.190 e. The van der Waals surface area contributed by atoms with Crippen LogP contribution in [0, 0.1) is 5.92 Å². The van der Waals surface area contributed by atoms with Gasteiger partial charge in [0.2, 0.25) is 0 Å². The molecule has 2 rings (SSSR count). The van der Waals surface area contributed by atoms with E-state index >= 15 is 0 Å². The molecule has 1 saturated heterocycles. The second-order valence-electron chi connectivity index (χ2n) is 6.43. The van der Waals surface area contributed by atoms with Gasteiger partial charge >= 0.3 is 0 Å². The number of aliphatic imine (C=N–C) groups is 1. The number of guanidine groups is 1. The Kier molecular flexibility index (Phi) is 11.5. The Morgan fingerprint density at radius 3 is 2.52 bits per heavy atom. The van der Waals surface area contributed by atoms with Crippen molar-refractivity contribution in [3.63, 3.8) is 0 Å². The van der Waals surface area contributed by atoms with Gasteiger partial charge in [-0.3, -0.25) is 4.99 Å². The van der Waals surface area contributed by atoms with Crippen molar-refractivity contribution < 1.29 is 0 Å². The van der Waals surface area contributed by atoms with E-state index in [2.05, 4.69) is 33.5 Å². The van der Waals surface area contributed by atoms with Gasteiger partial charge in [-0.15, -0.1) is 24.0 Å². The lowest BCUT2D eigenvalue weighted by Gasteiger charge is -2.31. The summed E-state index contributed by atoms with van der Waals surface area (Å²) in [5.74, 6) is 1.73. The minimum atomic E-state index is 0. The molecule has 0 bridgehead atoms. The summed E-state index contributed by atoms with van der Waals surface area (Å²) in [7, 11) is 1.82. The standard InChI is InChI=1S/C19H31ClN4.HI/c1-3-24-14-10-16(11-15-24)8-12-22-19(21-2)23-13-9-17-6-4-5-7-18(17)20;/h4-7,16H,3,8-15H2,1-2H3,(H2,21,22,23);1H. The van der Waals surface area contributed by atoms with E-state index in [-0.39, 0.29) is 24.0 Å². The summed E-state index contributed by atoms with van der Waals surface area (Å²) in [5.41, 5.74) is 1.17. The van der Waals surface area contributed by atoms with Crippen molar-refractivity contribution in [2.45, 2.75) is 32.6 Å². The van der Waals surface area contributed by atoms with E-state index in [1.807, 2.05) is 25.2 Å². The first-order valence-corrected chi connectivity index (χ1v) is 9.51. The van der Waals surface area contributed by atoms with E-state index in [1.165, 1.54) is 44.5 Å². The number of likely N-dealkylation sites (tertiary alicyclic amines) is 1. The number of halogens is 2. The highest BCUT2D eigenvalue weighted by molar-refractivity contribution is 14.0. The summed E-state index contributed by atoms with van der Waals surface area (Å²) in [6.07, 6.45) is 4.78. The fourth-order valence-corrected chi connectivity index (χ4v) is 3.45. The molecule has 0 radical (unpaired) electrons. The van der Waals surface area contributed by atoms with Crippen LogP contribution in [0.1, 0.15) is 31.7 Å². The summed E-state index contributed by atoms with van der Waals surface area (Å²) >= 11 is 6.19. The van der Waals surface area contributed by atoms with Crippen molar-refractivity contribution in [2.24, 2.45) is 10.9 Å². The number of hydrogen-bond donors (Lipinski definition) is 2. The number of nitrogens with zero attached hydrogens (tertiary/aromatic N) is 2. The monoisotopic (exact) mass is 478 g/mol. The SMILES string of the molecule is CCN1CCC(CCNC(=NC)NCCc2ccccc2Cl)CC1.I. The molecule has 1 fully saturated rings. The smallest absolute Gasteiger partial charge is 0.190 e. The van der Waals surface area contributed by atoms with Crippen LogP contribution in [0.3, 0.4) is 0 Å². The van der Waals surface area contributed by atoms with Gasteiger partial charge in [-0.25, -0.2) is 0 Å². The van der Waals surface area contributed by atoms with Gasteiger partial charge < -0.3 is 15.5 Å². The van der Waals surface area contributed by atoms with Crippen LogP contribution in [0.5, 0.6) is 0 Å². The predicted octanol–water partition coefficient (Wildman–Crippen LogP) is 3.79. The molecule has 1 aliphatic rings. The molecule has 6 heteroatoms. The van der Waals surface area contributed by atoms with Crippen LogP contribution in [-0.4, -0.2) is 50.6 Å². The zero-order chi connectivity index (χ0) is 17.2. The molecule has 2 N–H and O–H groups in total. The normalized spacial score (nSPS) is 16.4. The highest BCUT2D eigenvalue weighted by atomic mass is 127. The summed E-state index contributed by atoms with van der Waals surface area (Å²) in [5, 5.41) is 7.64. The average molecular weight is 479 g/mol. The lowest BCUT2D eigenvalue weighted by molar-refractivity contribution is 0.187. The van der Waals surface area contributed by atoms with Crippen molar-refractivity contribution in [3.05, 3.63) is 34.9 Å².